The average Bonchev–Trinajstić information content (AvgIpc) is 3.85. The van der Waals surface area contributed by atoms with Crippen LogP contribution in [0.2, 0.25) is 0 Å². The number of aliphatic hydroxyl groups is 2. The third kappa shape index (κ3) is 4.70. The molecule has 8 rings (SSSR count). The van der Waals surface area contributed by atoms with E-state index in [1.807, 2.05) is 23.6 Å². The molecule has 1 aliphatic carbocycles. The summed E-state index contributed by atoms with van der Waals surface area (Å²) in [5.41, 5.74) is 2.00. The van der Waals surface area contributed by atoms with Crippen LogP contribution in [0.25, 0.3) is 0 Å². The molecular formula is C32H32O13S. The number of carbonyl (C=O) groups is 1. The molecular weight excluding hydrogens is 624 g/mol. The van der Waals surface area contributed by atoms with Crippen molar-refractivity contribution in [2.75, 3.05) is 34.2 Å². The van der Waals surface area contributed by atoms with Crippen molar-refractivity contribution in [3.63, 3.8) is 0 Å². The Hall–Kier alpha value is -3.63. The van der Waals surface area contributed by atoms with Gasteiger partial charge in [0.15, 0.2) is 35.6 Å². The van der Waals surface area contributed by atoms with Crippen molar-refractivity contribution in [3.8, 4) is 28.7 Å². The molecule has 10 atom stereocenters. The Bertz CT molecular complexity index is 1600. The highest BCUT2D eigenvalue weighted by Crippen LogP contribution is 2.57. The van der Waals surface area contributed by atoms with E-state index in [-0.39, 0.29) is 37.3 Å². The zero-order valence-electron chi connectivity index (χ0n) is 24.8. The molecule has 13 nitrogen and oxygen atoms in total. The van der Waals surface area contributed by atoms with Gasteiger partial charge in [0.2, 0.25) is 12.5 Å². The van der Waals surface area contributed by atoms with E-state index in [2.05, 4.69) is 0 Å². The van der Waals surface area contributed by atoms with E-state index in [4.69, 9.17) is 42.6 Å². The number of aromatic hydroxyl groups is 1. The van der Waals surface area contributed by atoms with Crippen molar-refractivity contribution in [2.45, 2.75) is 49.0 Å². The van der Waals surface area contributed by atoms with Crippen molar-refractivity contribution in [1.82, 2.24) is 0 Å². The Morgan fingerprint density at radius 1 is 0.913 bits per heavy atom. The second-order valence-corrected chi connectivity index (χ2v) is 12.7. The molecule has 244 valence electrons. The minimum Gasteiger partial charge on any atom is -0.502 e. The lowest BCUT2D eigenvalue weighted by Gasteiger charge is -2.48. The van der Waals surface area contributed by atoms with Crippen LogP contribution in [-0.4, -0.2) is 86.2 Å². The van der Waals surface area contributed by atoms with Crippen LogP contribution in [0, 0.1) is 11.8 Å². The number of hydrogen-bond acceptors (Lipinski definition) is 14. The molecule has 3 fully saturated rings. The number of hydrogen-bond donors (Lipinski definition) is 3. The molecule has 46 heavy (non-hydrogen) atoms. The van der Waals surface area contributed by atoms with Crippen molar-refractivity contribution >= 4 is 17.3 Å². The molecule has 0 bridgehead atoms. The highest BCUT2D eigenvalue weighted by molar-refractivity contribution is 7.10. The van der Waals surface area contributed by atoms with Gasteiger partial charge in [-0.25, -0.2) is 0 Å². The van der Waals surface area contributed by atoms with Crippen molar-refractivity contribution in [2.24, 2.45) is 11.8 Å². The van der Waals surface area contributed by atoms with Crippen LogP contribution in [0.15, 0.2) is 41.8 Å². The number of phenols is 1. The van der Waals surface area contributed by atoms with E-state index >= 15 is 0 Å². The van der Waals surface area contributed by atoms with Crippen LogP contribution in [0.3, 0.4) is 0 Å². The zero-order valence-corrected chi connectivity index (χ0v) is 25.6. The van der Waals surface area contributed by atoms with Gasteiger partial charge >= 0.3 is 5.97 Å². The standard InChI is InChI=1S/C32H32O13S/c1-37-19-6-13(7-20(38-2)25(19)33)23-14-8-17-18(42-12-41-17)9-15(14)28(16-10-39-30(36)24(16)23)44-32-27(35)26(34)29-21(43-32)11-40-31(45-29)22-4-3-5-46-22/h3-9,16,21,23-24,26-29,31-35H,10-12H2,1-2H3/t16-,21+,23+,24-,26+,27+,28+,29+,31?,32-/m0/s1. The second-order valence-electron chi connectivity index (χ2n) is 11.8. The summed E-state index contributed by atoms with van der Waals surface area (Å²) in [6.07, 6.45) is -7.16. The van der Waals surface area contributed by atoms with Gasteiger partial charge in [-0.15, -0.1) is 11.3 Å². The molecule has 3 aromatic rings. The van der Waals surface area contributed by atoms with Gasteiger partial charge in [-0.3, -0.25) is 4.79 Å². The predicted molar refractivity (Wildman–Crippen MR) is 156 cm³/mol. The number of methoxy groups -OCH3 is 2. The van der Waals surface area contributed by atoms with Crippen molar-refractivity contribution in [3.05, 3.63) is 63.3 Å². The molecule has 0 radical (unpaired) electrons. The minimum absolute atomic E-state index is 0.0242. The Labute approximate surface area is 267 Å². The first-order chi connectivity index (χ1) is 22.4. The number of aliphatic hydroxyl groups excluding tert-OH is 2. The molecule has 14 heteroatoms. The fourth-order valence-corrected chi connectivity index (χ4v) is 7.89. The van der Waals surface area contributed by atoms with Gasteiger partial charge in [-0.1, -0.05) is 6.07 Å². The summed E-state index contributed by atoms with van der Waals surface area (Å²) in [5.74, 6) is -1.08. The number of cyclic esters (lactones) is 1. The van der Waals surface area contributed by atoms with Crippen LogP contribution in [0.5, 0.6) is 28.7 Å². The Balaban J connectivity index is 1.16. The first-order valence-electron chi connectivity index (χ1n) is 14.9. The molecule has 0 amide bonds. The normalized spacial score (nSPS) is 34.3. The lowest BCUT2D eigenvalue weighted by atomic mass is 9.66. The molecule has 2 aromatic carbocycles. The third-order valence-electron chi connectivity index (χ3n) is 9.37. The van der Waals surface area contributed by atoms with E-state index < -0.39 is 66.8 Å². The molecule has 4 aliphatic heterocycles. The first-order valence-corrected chi connectivity index (χ1v) is 15.8. The molecule has 3 N–H and O–H groups in total. The van der Waals surface area contributed by atoms with Crippen LogP contribution < -0.4 is 18.9 Å². The maximum atomic E-state index is 13.5. The Morgan fingerprint density at radius 2 is 1.65 bits per heavy atom. The fraction of sp³-hybridized carbons (Fsp3) is 0.469. The largest absolute Gasteiger partial charge is 0.502 e. The number of esters is 1. The second kappa shape index (κ2) is 11.6. The summed E-state index contributed by atoms with van der Waals surface area (Å²) < 4.78 is 52.6. The lowest BCUT2D eigenvalue weighted by Crippen LogP contribution is -2.62. The van der Waals surface area contributed by atoms with Crippen LogP contribution in [-0.2, 0) is 28.5 Å². The lowest BCUT2D eigenvalue weighted by molar-refractivity contribution is -0.368. The summed E-state index contributed by atoms with van der Waals surface area (Å²) in [6.45, 7) is 0.171. The third-order valence-corrected chi connectivity index (χ3v) is 10.3. The molecule has 0 saturated carbocycles. The van der Waals surface area contributed by atoms with Crippen LogP contribution >= 0.6 is 11.3 Å². The fourth-order valence-electron chi connectivity index (χ4n) is 7.18. The number of thiophene rings is 1. The quantitative estimate of drug-likeness (QED) is 0.333. The molecule has 1 unspecified atom stereocenters. The summed E-state index contributed by atoms with van der Waals surface area (Å²) in [5, 5.41) is 35.0. The maximum absolute atomic E-state index is 13.5. The molecule has 5 heterocycles. The number of rotatable bonds is 6. The highest BCUT2D eigenvalue weighted by atomic mass is 32.1. The Kier molecular flexibility index (Phi) is 7.48. The Morgan fingerprint density at radius 3 is 2.35 bits per heavy atom. The topological polar surface area (TPSA) is 161 Å². The van der Waals surface area contributed by atoms with Gasteiger partial charge < -0.3 is 58.0 Å². The number of ether oxygens (including phenoxy) is 9. The smallest absolute Gasteiger partial charge is 0.310 e. The summed E-state index contributed by atoms with van der Waals surface area (Å²) in [6, 6.07) is 10.7. The van der Waals surface area contributed by atoms with E-state index in [0.717, 1.165) is 4.88 Å². The number of benzene rings is 2. The van der Waals surface area contributed by atoms with E-state index in [9.17, 15) is 20.1 Å². The monoisotopic (exact) mass is 656 g/mol. The van der Waals surface area contributed by atoms with E-state index in [1.54, 1.807) is 18.2 Å². The summed E-state index contributed by atoms with van der Waals surface area (Å²) >= 11 is 1.46. The number of phenolic OH excluding ortho intramolecular Hbond substituents is 1. The van der Waals surface area contributed by atoms with Gasteiger partial charge in [0.05, 0.1) is 44.3 Å². The van der Waals surface area contributed by atoms with Gasteiger partial charge in [-0.2, -0.15) is 0 Å². The van der Waals surface area contributed by atoms with Crippen molar-refractivity contribution < 1.29 is 62.7 Å². The van der Waals surface area contributed by atoms with Crippen molar-refractivity contribution in [1.29, 1.82) is 0 Å². The minimum atomic E-state index is -1.47. The maximum Gasteiger partial charge on any atom is 0.310 e. The molecule has 5 aliphatic rings. The molecule has 1 aromatic heterocycles. The zero-order chi connectivity index (χ0) is 31.7. The van der Waals surface area contributed by atoms with Gasteiger partial charge in [0, 0.05) is 11.8 Å². The van der Waals surface area contributed by atoms with Crippen LogP contribution in [0.1, 0.15) is 39.9 Å². The highest BCUT2D eigenvalue weighted by Gasteiger charge is 2.56. The average molecular weight is 657 g/mol. The van der Waals surface area contributed by atoms with E-state index in [1.165, 1.54) is 25.6 Å². The van der Waals surface area contributed by atoms with Gasteiger partial charge in [0.25, 0.3) is 0 Å². The van der Waals surface area contributed by atoms with Crippen LogP contribution in [0.4, 0.5) is 0 Å². The molecule has 3 saturated heterocycles. The predicted octanol–water partition coefficient (Wildman–Crippen LogP) is 2.75. The number of carbonyl (C=O) groups excluding carboxylic acids is 1. The summed E-state index contributed by atoms with van der Waals surface area (Å²) in [4.78, 5) is 14.3. The molecule has 0 spiro atoms. The SMILES string of the molecule is COc1cc([C@@H]2c3cc4c(cc3[C@@H](O[C@@H]3O[C@@H]5COC(c6cccs6)O[C@H]5[C@H](O)[C@H]3O)[C@H]3COC(=O)[C@H]23)OCO4)cc(OC)c1O. The summed E-state index contributed by atoms with van der Waals surface area (Å²) in [7, 11) is 2.86. The van der Waals surface area contributed by atoms with E-state index in [0.29, 0.717) is 28.2 Å². The first kappa shape index (κ1) is 29.8. The van der Waals surface area contributed by atoms with Gasteiger partial charge in [-0.05, 0) is 52.4 Å². The van der Waals surface area contributed by atoms with Gasteiger partial charge in [0.1, 0.15) is 24.4 Å². The number of fused-ring (bicyclic) bond motifs is 4.